The lowest BCUT2D eigenvalue weighted by molar-refractivity contribution is 0.0597. The number of ether oxygens (including phenoxy) is 2. The molecule has 0 N–H and O–H groups in total. The van der Waals surface area contributed by atoms with Crippen LogP contribution in [-0.4, -0.2) is 31.1 Å². The van der Waals surface area contributed by atoms with Crippen LogP contribution in [0, 0.1) is 0 Å². The highest BCUT2D eigenvalue weighted by atomic mass is 35.5. The Morgan fingerprint density at radius 2 is 1.30 bits per heavy atom. The number of methoxy groups -OCH3 is 2. The highest BCUT2D eigenvalue weighted by Gasteiger charge is 2.27. The summed E-state index contributed by atoms with van der Waals surface area (Å²) in [6, 6.07) is 1.19. The van der Waals surface area contributed by atoms with Crippen molar-refractivity contribution in [3.8, 4) is 0 Å². The summed E-state index contributed by atoms with van der Waals surface area (Å²) in [5.74, 6) is -1.51. The van der Waals surface area contributed by atoms with Crippen LogP contribution in [-0.2, 0) is 9.47 Å². The Labute approximate surface area is 135 Å². The molecule has 20 heavy (non-hydrogen) atoms. The molecule has 0 aromatic carbocycles. The number of aromatic nitrogens is 1. The van der Waals surface area contributed by atoms with E-state index in [4.69, 9.17) is 46.4 Å². The number of carbonyl (C=O) groups is 2. The van der Waals surface area contributed by atoms with Crippen molar-refractivity contribution in [2.24, 2.45) is 0 Å². The number of rotatable bonds is 4. The second kappa shape index (κ2) is 7.31. The van der Waals surface area contributed by atoms with Crippen LogP contribution in [0.2, 0.25) is 0 Å². The molecule has 1 aromatic heterocycles. The fraction of sp³-hybridized carbons (Fsp3) is 0.364. The maximum absolute atomic E-state index is 11.7. The van der Waals surface area contributed by atoms with E-state index < -0.39 is 21.6 Å². The van der Waals surface area contributed by atoms with E-state index in [2.05, 4.69) is 14.5 Å². The Morgan fingerprint density at radius 1 is 0.950 bits per heavy atom. The summed E-state index contributed by atoms with van der Waals surface area (Å²) in [5.41, 5.74) is -0.149. The Balaban J connectivity index is 3.59. The van der Waals surface area contributed by atoms with E-state index in [1.54, 1.807) is 0 Å². The second-order valence-electron chi connectivity index (χ2n) is 3.44. The molecule has 5 nitrogen and oxygen atoms in total. The average Bonchev–Trinajstić information content (AvgIpc) is 2.43. The first kappa shape index (κ1) is 17.3. The van der Waals surface area contributed by atoms with E-state index in [0.717, 1.165) is 0 Å². The molecule has 0 amide bonds. The van der Waals surface area contributed by atoms with Gasteiger partial charge in [-0.1, -0.05) is 46.4 Å². The van der Waals surface area contributed by atoms with Gasteiger partial charge in [-0.3, -0.25) is 4.98 Å². The van der Waals surface area contributed by atoms with Gasteiger partial charge in [-0.2, -0.15) is 0 Å². The summed E-state index contributed by atoms with van der Waals surface area (Å²) in [7, 11) is 2.34. The summed E-state index contributed by atoms with van der Waals surface area (Å²) in [5, 5.41) is 0. The Bertz CT molecular complexity index is 490. The van der Waals surface area contributed by atoms with E-state index in [9.17, 15) is 9.59 Å². The SMILES string of the molecule is COC(=O)c1cc(C(=O)OC)c(C(Cl)Cl)nc1C(Cl)Cl. The second-order valence-corrected chi connectivity index (χ2v) is 5.63. The highest BCUT2D eigenvalue weighted by molar-refractivity contribution is 6.45. The van der Waals surface area contributed by atoms with Gasteiger partial charge >= 0.3 is 11.9 Å². The van der Waals surface area contributed by atoms with Gasteiger partial charge in [-0.05, 0) is 6.07 Å². The van der Waals surface area contributed by atoms with E-state index in [1.807, 2.05) is 0 Å². The molecule has 0 spiro atoms. The predicted octanol–water partition coefficient (Wildman–Crippen LogP) is 3.61. The van der Waals surface area contributed by atoms with Gasteiger partial charge in [0.1, 0.15) is 9.67 Å². The van der Waals surface area contributed by atoms with Gasteiger partial charge in [0.05, 0.1) is 36.7 Å². The Kier molecular flexibility index (Phi) is 6.33. The molecule has 1 rings (SSSR count). The van der Waals surface area contributed by atoms with E-state index in [1.165, 1.54) is 20.3 Å². The van der Waals surface area contributed by atoms with Gasteiger partial charge in [-0.15, -0.1) is 0 Å². The molecule has 0 fully saturated rings. The molecular formula is C11H9Cl4NO4. The van der Waals surface area contributed by atoms with E-state index in [0.29, 0.717) is 0 Å². The van der Waals surface area contributed by atoms with E-state index >= 15 is 0 Å². The molecule has 0 bridgehead atoms. The third-order valence-corrected chi connectivity index (χ3v) is 3.13. The largest absolute Gasteiger partial charge is 0.465 e. The van der Waals surface area contributed by atoms with Crippen molar-refractivity contribution in [1.82, 2.24) is 4.98 Å². The monoisotopic (exact) mass is 359 g/mol. The summed E-state index contributed by atoms with van der Waals surface area (Å²) >= 11 is 23.0. The molecule has 0 aliphatic rings. The van der Waals surface area contributed by atoms with Crippen molar-refractivity contribution in [3.63, 3.8) is 0 Å². The fourth-order valence-corrected chi connectivity index (χ4v) is 2.09. The summed E-state index contributed by atoms with van der Waals surface area (Å²) in [6.07, 6.45) is 0. The minimum absolute atomic E-state index is 0.00543. The fourth-order valence-electron chi connectivity index (χ4n) is 1.42. The number of alkyl halides is 4. The van der Waals surface area contributed by atoms with Gasteiger partial charge < -0.3 is 9.47 Å². The molecule has 0 atom stereocenters. The average molecular weight is 361 g/mol. The lowest BCUT2D eigenvalue weighted by Gasteiger charge is -2.14. The smallest absolute Gasteiger partial charge is 0.339 e. The van der Waals surface area contributed by atoms with Gasteiger partial charge in [0.2, 0.25) is 0 Å². The first-order valence-corrected chi connectivity index (χ1v) is 6.85. The number of hydrogen-bond acceptors (Lipinski definition) is 5. The molecular weight excluding hydrogens is 352 g/mol. The Morgan fingerprint density at radius 3 is 1.55 bits per heavy atom. The lowest BCUT2D eigenvalue weighted by atomic mass is 10.1. The highest BCUT2D eigenvalue weighted by Crippen LogP contribution is 2.33. The first-order chi connectivity index (χ1) is 9.33. The molecule has 9 heteroatoms. The van der Waals surface area contributed by atoms with Crippen LogP contribution in [0.25, 0.3) is 0 Å². The van der Waals surface area contributed by atoms with E-state index in [-0.39, 0.29) is 22.5 Å². The van der Waals surface area contributed by atoms with Crippen LogP contribution < -0.4 is 0 Å². The number of halogens is 4. The minimum atomic E-state index is -1.12. The van der Waals surface area contributed by atoms with Gasteiger partial charge in [0, 0.05) is 0 Å². The number of esters is 2. The summed E-state index contributed by atoms with van der Waals surface area (Å²) in [6.45, 7) is 0. The quantitative estimate of drug-likeness (QED) is 0.606. The van der Waals surface area contributed by atoms with Crippen LogP contribution in [0.15, 0.2) is 6.07 Å². The van der Waals surface area contributed by atoms with Crippen molar-refractivity contribution >= 4 is 58.3 Å². The van der Waals surface area contributed by atoms with Gasteiger partial charge in [0.15, 0.2) is 0 Å². The van der Waals surface area contributed by atoms with Gasteiger partial charge in [0.25, 0.3) is 0 Å². The summed E-state index contributed by atoms with van der Waals surface area (Å²) < 4.78 is 9.16. The number of hydrogen-bond donors (Lipinski definition) is 0. The number of pyridine rings is 1. The normalized spacial score (nSPS) is 10.8. The molecule has 1 aromatic rings. The molecule has 0 saturated heterocycles. The molecule has 0 aliphatic carbocycles. The van der Waals surface area contributed by atoms with Crippen LogP contribution >= 0.6 is 46.4 Å². The van der Waals surface area contributed by atoms with Crippen molar-refractivity contribution in [2.75, 3.05) is 14.2 Å². The topological polar surface area (TPSA) is 65.5 Å². The molecule has 0 saturated carbocycles. The van der Waals surface area contributed by atoms with Gasteiger partial charge in [-0.25, -0.2) is 9.59 Å². The van der Waals surface area contributed by atoms with Crippen LogP contribution in [0.3, 0.4) is 0 Å². The third-order valence-electron chi connectivity index (χ3n) is 2.31. The maximum atomic E-state index is 11.7. The van der Waals surface area contributed by atoms with Crippen molar-refractivity contribution in [2.45, 2.75) is 9.67 Å². The predicted molar refractivity (Wildman–Crippen MR) is 75.8 cm³/mol. The first-order valence-electron chi connectivity index (χ1n) is 5.11. The Hall–Kier alpha value is -0.750. The zero-order valence-electron chi connectivity index (χ0n) is 10.3. The molecule has 1 heterocycles. The van der Waals surface area contributed by atoms with Crippen molar-refractivity contribution in [1.29, 1.82) is 0 Å². The maximum Gasteiger partial charge on any atom is 0.339 e. The standard InChI is InChI=1S/C11H9Cl4NO4/c1-19-10(17)4-3-5(11(18)20-2)7(9(14)15)16-6(4)8(12)13/h3,8-9H,1-2H3. The summed E-state index contributed by atoms with van der Waals surface area (Å²) in [4.78, 5) is 25.1. The molecule has 110 valence electrons. The lowest BCUT2D eigenvalue weighted by Crippen LogP contribution is -2.15. The molecule has 0 radical (unpaired) electrons. The zero-order chi connectivity index (χ0) is 15.4. The minimum Gasteiger partial charge on any atom is -0.465 e. The molecule has 0 unspecified atom stereocenters. The number of nitrogens with zero attached hydrogens (tertiary/aromatic N) is 1. The zero-order valence-corrected chi connectivity index (χ0v) is 13.3. The molecule has 0 aliphatic heterocycles. The number of carbonyl (C=O) groups excluding carboxylic acids is 2. The van der Waals surface area contributed by atoms with Crippen LogP contribution in [0.4, 0.5) is 0 Å². The third kappa shape index (κ3) is 3.67. The van der Waals surface area contributed by atoms with Crippen LogP contribution in [0.1, 0.15) is 41.8 Å². The van der Waals surface area contributed by atoms with Crippen molar-refractivity contribution < 1.29 is 19.1 Å². The van der Waals surface area contributed by atoms with Crippen molar-refractivity contribution in [3.05, 3.63) is 28.6 Å². The van der Waals surface area contributed by atoms with Crippen LogP contribution in [0.5, 0.6) is 0 Å².